The van der Waals surface area contributed by atoms with Gasteiger partial charge in [0.05, 0.1) is 22.0 Å². The van der Waals surface area contributed by atoms with Gasteiger partial charge < -0.3 is 14.5 Å². The number of nitrogens with zero attached hydrogens (tertiary/aromatic N) is 4. The van der Waals surface area contributed by atoms with Gasteiger partial charge in [-0.3, -0.25) is 4.79 Å². The van der Waals surface area contributed by atoms with Crippen LogP contribution in [0.15, 0.2) is 43.2 Å². The molecule has 1 fully saturated rings. The molecule has 0 radical (unpaired) electrons. The van der Waals surface area contributed by atoms with Crippen LogP contribution in [0, 0.1) is 11.6 Å². The molecule has 31 heavy (non-hydrogen) atoms. The molecule has 6 nitrogen and oxygen atoms in total. The molecule has 2 aliphatic rings. The van der Waals surface area contributed by atoms with E-state index in [9.17, 15) is 13.6 Å². The summed E-state index contributed by atoms with van der Waals surface area (Å²) in [6.07, 6.45) is 2.71. The Hall–Kier alpha value is -3.26. The maximum atomic E-state index is 14.5. The second kappa shape index (κ2) is 7.46. The van der Waals surface area contributed by atoms with Crippen LogP contribution in [0.2, 0.25) is 5.02 Å². The topological polar surface area (TPSA) is 58.6 Å². The SMILES string of the molecule is C=CC(=O)N1CCN2c3ncnc4cc(-c5cccc(F)c5F)c(Cl)c(c34)OC[C@@H]2C1. The van der Waals surface area contributed by atoms with Crippen molar-refractivity contribution in [3.05, 3.63) is 59.9 Å². The van der Waals surface area contributed by atoms with Crippen LogP contribution in [0.3, 0.4) is 0 Å². The zero-order valence-electron chi connectivity index (χ0n) is 16.3. The zero-order chi connectivity index (χ0) is 21.7. The number of piperazine rings is 1. The highest BCUT2D eigenvalue weighted by molar-refractivity contribution is 6.36. The van der Waals surface area contributed by atoms with E-state index in [-0.39, 0.29) is 34.7 Å². The molecule has 1 saturated heterocycles. The van der Waals surface area contributed by atoms with Gasteiger partial charge in [0.15, 0.2) is 17.4 Å². The van der Waals surface area contributed by atoms with Crippen molar-refractivity contribution in [2.24, 2.45) is 0 Å². The number of ether oxygens (including phenoxy) is 1. The van der Waals surface area contributed by atoms with Crippen molar-refractivity contribution >= 4 is 34.2 Å². The molecule has 0 aliphatic carbocycles. The summed E-state index contributed by atoms with van der Waals surface area (Å²) in [6.45, 7) is 5.30. The van der Waals surface area contributed by atoms with E-state index in [1.54, 1.807) is 11.0 Å². The highest BCUT2D eigenvalue weighted by Gasteiger charge is 2.35. The van der Waals surface area contributed by atoms with E-state index in [2.05, 4.69) is 21.4 Å². The first-order chi connectivity index (χ1) is 15.0. The van der Waals surface area contributed by atoms with Crippen molar-refractivity contribution in [1.82, 2.24) is 14.9 Å². The standard InChI is InChI=1S/C22H17ClF2N4O2/c1-2-17(30)28-6-7-29-12(9-28)10-31-21-18-16(26-11-27-22(18)29)8-14(19(21)23)13-4-3-5-15(24)20(13)25/h2-5,8,11-12H,1,6-7,9-10H2/t12-/m0/s1. The van der Waals surface area contributed by atoms with E-state index in [1.807, 2.05) is 0 Å². The molecule has 3 heterocycles. The van der Waals surface area contributed by atoms with Crippen molar-refractivity contribution in [3.63, 3.8) is 0 Å². The van der Waals surface area contributed by atoms with Gasteiger partial charge in [0, 0.05) is 30.8 Å². The van der Waals surface area contributed by atoms with E-state index in [1.165, 1.54) is 24.5 Å². The number of carbonyl (C=O) groups is 1. The number of halogens is 3. The molecular formula is C22H17ClF2N4O2. The Morgan fingerprint density at radius 1 is 1.26 bits per heavy atom. The molecule has 1 atom stereocenters. The van der Waals surface area contributed by atoms with Gasteiger partial charge in [-0.1, -0.05) is 30.3 Å². The van der Waals surface area contributed by atoms with Crippen LogP contribution in [-0.4, -0.2) is 53.1 Å². The smallest absolute Gasteiger partial charge is 0.246 e. The van der Waals surface area contributed by atoms with Crippen LogP contribution in [0.4, 0.5) is 14.6 Å². The summed E-state index contributed by atoms with van der Waals surface area (Å²) in [4.78, 5) is 24.7. The van der Waals surface area contributed by atoms with Crippen molar-refractivity contribution in [3.8, 4) is 16.9 Å². The number of hydrogen-bond acceptors (Lipinski definition) is 5. The molecule has 0 bridgehead atoms. The fraction of sp³-hybridized carbons (Fsp3) is 0.227. The zero-order valence-corrected chi connectivity index (χ0v) is 17.1. The third kappa shape index (κ3) is 3.09. The first-order valence-electron chi connectivity index (χ1n) is 9.72. The van der Waals surface area contributed by atoms with Gasteiger partial charge in [0.2, 0.25) is 5.91 Å². The number of hydrogen-bond donors (Lipinski definition) is 0. The van der Waals surface area contributed by atoms with Crippen molar-refractivity contribution in [2.75, 3.05) is 31.1 Å². The van der Waals surface area contributed by atoms with Crippen molar-refractivity contribution < 1.29 is 18.3 Å². The highest BCUT2D eigenvalue weighted by atomic mass is 35.5. The number of fused-ring (bicyclic) bond motifs is 2. The lowest BCUT2D eigenvalue weighted by molar-refractivity contribution is -0.126. The maximum absolute atomic E-state index is 14.5. The quantitative estimate of drug-likeness (QED) is 0.565. The Labute approximate surface area is 181 Å². The minimum absolute atomic E-state index is 0.0247. The summed E-state index contributed by atoms with van der Waals surface area (Å²) >= 11 is 6.66. The van der Waals surface area contributed by atoms with Gasteiger partial charge in [-0.05, 0) is 18.2 Å². The number of carbonyl (C=O) groups excluding carboxylic acids is 1. The highest BCUT2D eigenvalue weighted by Crippen LogP contribution is 2.46. The van der Waals surface area contributed by atoms with Crippen LogP contribution in [0.1, 0.15) is 0 Å². The lowest BCUT2D eigenvalue weighted by Gasteiger charge is -2.40. The molecule has 0 unspecified atom stereocenters. The first kappa shape index (κ1) is 19.7. The van der Waals surface area contributed by atoms with Crippen LogP contribution in [0.5, 0.6) is 5.75 Å². The summed E-state index contributed by atoms with van der Waals surface area (Å²) in [6, 6.07) is 5.38. The number of benzene rings is 2. The molecule has 2 aliphatic heterocycles. The molecule has 2 aromatic carbocycles. The predicted molar refractivity (Wildman–Crippen MR) is 113 cm³/mol. The monoisotopic (exact) mass is 442 g/mol. The first-order valence-corrected chi connectivity index (χ1v) is 10.1. The number of rotatable bonds is 2. The maximum Gasteiger partial charge on any atom is 0.246 e. The van der Waals surface area contributed by atoms with Gasteiger partial charge >= 0.3 is 0 Å². The summed E-state index contributed by atoms with van der Waals surface area (Å²) in [5.74, 6) is -1.13. The van der Waals surface area contributed by atoms with Crippen molar-refractivity contribution in [2.45, 2.75) is 6.04 Å². The van der Waals surface area contributed by atoms with Crippen molar-refractivity contribution in [1.29, 1.82) is 0 Å². The summed E-state index contributed by atoms with van der Waals surface area (Å²) < 4.78 is 34.4. The average Bonchev–Trinajstić information content (AvgIpc) is 2.95. The second-order valence-electron chi connectivity index (χ2n) is 7.41. The molecule has 3 aromatic rings. The fourth-order valence-electron chi connectivity index (χ4n) is 4.20. The van der Waals surface area contributed by atoms with Crippen LogP contribution >= 0.6 is 11.6 Å². The Kier molecular flexibility index (Phi) is 4.74. The van der Waals surface area contributed by atoms with E-state index < -0.39 is 11.6 Å². The molecular weight excluding hydrogens is 426 g/mol. The fourth-order valence-corrected chi connectivity index (χ4v) is 4.50. The van der Waals surface area contributed by atoms with Gasteiger partial charge in [-0.25, -0.2) is 18.7 Å². The summed E-state index contributed by atoms with van der Waals surface area (Å²) in [7, 11) is 0. The molecule has 0 spiro atoms. The van der Waals surface area contributed by atoms with Crippen LogP contribution in [0.25, 0.3) is 22.0 Å². The van der Waals surface area contributed by atoms with Gasteiger partial charge in [-0.2, -0.15) is 0 Å². The Morgan fingerprint density at radius 3 is 2.90 bits per heavy atom. The van der Waals surface area contributed by atoms with Gasteiger partial charge in [0.1, 0.15) is 18.8 Å². The molecule has 1 amide bonds. The molecule has 5 rings (SSSR count). The third-order valence-electron chi connectivity index (χ3n) is 5.70. The van der Waals surface area contributed by atoms with Crippen LogP contribution < -0.4 is 9.64 Å². The summed E-state index contributed by atoms with van der Waals surface area (Å²) in [5, 5.41) is 0.769. The lowest BCUT2D eigenvalue weighted by atomic mass is 10.0. The van der Waals surface area contributed by atoms with Gasteiger partial charge in [-0.15, -0.1) is 0 Å². The Balaban J connectivity index is 1.66. The number of aromatic nitrogens is 2. The number of amides is 1. The predicted octanol–water partition coefficient (Wildman–Crippen LogP) is 3.82. The molecule has 158 valence electrons. The summed E-state index contributed by atoms with van der Waals surface area (Å²) in [5.41, 5.74) is 0.819. The van der Waals surface area contributed by atoms with Crippen LogP contribution in [-0.2, 0) is 4.79 Å². The Morgan fingerprint density at radius 2 is 2.10 bits per heavy atom. The lowest BCUT2D eigenvalue weighted by Crippen LogP contribution is -2.56. The molecule has 0 saturated carbocycles. The Bertz CT molecular complexity index is 1240. The third-order valence-corrected chi connectivity index (χ3v) is 6.08. The minimum Gasteiger partial charge on any atom is -0.489 e. The van der Waals surface area contributed by atoms with E-state index >= 15 is 0 Å². The average molecular weight is 443 g/mol. The molecule has 9 heteroatoms. The normalized spacial score (nSPS) is 17.7. The van der Waals surface area contributed by atoms with Gasteiger partial charge in [0.25, 0.3) is 0 Å². The minimum atomic E-state index is -0.991. The largest absolute Gasteiger partial charge is 0.489 e. The number of anilines is 1. The molecule has 0 N–H and O–H groups in total. The van der Waals surface area contributed by atoms with E-state index in [0.29, 0.717) is 42.1 Å². The molecule has 1 aromatic heterocycles. The van der Waals surface area contributed by atoms with E-state index in [4.69, 9.17) is 16.3 Å². The second-order valence-corrected chi connectivity index (χ2v) is 7.78. The van der Waals surface area contributed by atoms with E-state index in [0.717, 1.165) is 6.07 Å².